The van der Waals surface area contributed by atoms with Crippen LogP contribution in [-0.4, -0.2) is 88.0 Å². The Morgan fingerprint density at radius 1 is 1.06 bits per heavy atom. The average Bonchev–Trinajstić information content (AvgIpc) is 3.32. The molecule has 0 unspecified atom stereocenters. The van der Waals surface area contributed by atoms with E-state index >= 15 is 0 Å². The number of ether oxygens (including phenoxy) is 2. The van der Waals surface area contributed by atoms with Crippen molar-refractivity contribution < 1.29 is 27.1 Å². The highest BCUT2D eigenvalue weighted by molar-refractivity contribution is 7.89. The summed E-state index contributed by atoms with van der Waals surface area (Å²) in [4.78, 5) is 17.1. The van der Waals surface area contributed by atoms with Crippen molar-refractivity contribution in [2.45, 2.75) is 11.4 Å². The Labute approximate surface area is 182 Å². The van der Waals surface area contributed by atoms with Crippen molar-refractivity contribution in [3.63, 3.8) is 0 Å². The van der Waals surface area contributed by atoms with Gasteiger partial charge < -0.3 is 18.8 Å². The lowest BCUT2D eigenvalue weighted by Crippen LogP contribution is -2.48. The van der Waals surface area contributed by atoms with Crippen molar-refractivity contribution in [2.75, 3.05) is 59.6 Å². The quantitative estimate of drug-likeness (QED) is 0.656. The van der Waals surface area contributed by atoms with Crippen molar-refractivity contribution in [3.05, 3.63) is 47.9 Å². The predicted molar refractivity (Wildman–Crippen MR) is 112 cm³/mol. The number of hydrogen-bond donors (Lipinski definition) is 0. The lowest BCUT2D eigenvalue weighted by Gasteiger charge is -2.34. The van der Waals surface area contributed by atoms with Crippen LogP contribution in [0.2, 0.25) is 0 Å². The Kier molecular flexibility index (Phi) is 6.61. The number of furan rings is 1. The number of morpholine rings is 1. The van der Waals surface area contributed by atoms with Crippen molar-refractivity contribution in [2.24, 2.45) is 0 Å². The van der Waals surface area contributed by atoms with Gasteiger partial charge in [-0.25, -0.2) is 8.42 Å². The van der Waals surface area contributed by atoms with Gasteiger partial charge in [0, 0.05) is 44.8 Å². The van der Waals surface area contributed by atoms with Crippen LogP contribution in [0.4, 0.5) is 0 Å². The third-order valence-corrected chi connectivity index (χ3v) is 7.54. The molecule has 0 radical (unpaired) electrons. The van der Waals surface area contributed by atoms with E-state index in [1.54, 1.807) is 23.3 Å². The molecule has 2 aliphatic rings. The summed E-state index contributed by atoms with van der Waals surface area (Å²) in [6.45, 7) is 4.55. The number of amides is 1. The molecule has 0 bridgehead atoms. The molecule has 2 aliphatic heterocycles. The first-order valence-electron chi connectivity index (χ1n) is 10.3. The van der Waals surface area contributed by atoms with Crippen LogP contribution in [0.15, 0.2) is 45.9 Å². The van der Waals surface area contributed by atoms with Crippen molar-refractivity contribution in [3.8, 4) is 5.75 Å². The first-order chi connectivity index (χ1) is 15.0. The molecule has 4 rings (SSSR count). The summed E-state index contributed by atoms with van der Waals surface area (Å²) in [6, 6.07) is 8.40. The summed E-state index contributed by atoms with van der Waals surface area (Å²) in [5.74, 6) is 0.943. The molecule has 3 heterocycles. The second-order valence-corrected chi connectivity index (χ2v) is 9.44. The van der Waals surface area contributed by atoms with Crippen LogP contribution in [0.5, 0.6) is 5.75 Å². The van der Waals surface area contributed by atoms with Crippen LogP contribution in [0.1, 0.15) is 16.1 Å². The summed E-state index contributed by atoms with van der Waals surface area (Å²) in [5.41, 5.74) is 0.340. The molecule has 0 atom stereocenters. The van der Waals surface area contributed by atoms with Gasteiger partial charge in [-0.05, 0) is 30.3 Å². The Balaban J connectivity index is 1.48. The third-order valence-electron chi connectivity index (χ3n) is 5.62. The largest absolute Gasteiger partial charge is 0.495 e. The van der Waals surface area contributed by atoms with Gasteiger partial charge in [-0.15, -0.1) is 0 Å². The van der Waals surface area contributed by atoms with Crippen molar-refractivity contribution in [1.82, 2.24) is 14.1 Å². The molecule has 9 nitrogen and oxygen atoms in total. The molecule has 168 valence electrons. The fourth-order valence-corrected chi connectivity index (χ4v) is 5.44. The highest BCUT2D eigenvalue weighted by atomic mass is 32.2. The number of benzene rings is 1. The third kappa shape index (κ3) is 4.77. The Bertz CT molecular complexity index is 994. The minimum atomic E-state index is -3.79. The van der Waals surface area contributed by atoms with E-state index in [0.29, 0.717) is 38.4 Å². The SMILES string of the molecule is COc1ccc(C(=O)N2CCN(Cc3ccco3)CC2)cc1S(=O)(=O)N1CCOCC1. The van der Waals surface area contributed by atoms with E-state index in [-0.39, 0.29) is 29.6 Å². The van der Waals surface area contributed by atoms with E-state index in [4.69, 9.17) is 13.9 Å². The zero-order chi connectivity index (χ0) is 21.8. The lowest BCUT2D eigenvalue weighted by atomic mass is 10.1. The first kappa shape index (κ1) is 21.8. The molecular formula is C21H27N3O6S. The van der Waals surface area contributed by atoms with Gasteiger partial charge in [0.15, 0.2) is 0 Å². The fourth-order valence-electron chi connectivity index (χ4n) is 3.85. The van der Waals surface area contributed by atoms with Gasteiger partial charge in [0.1, 0.15) is 16.4 Å². The summed E-state index contributed by atoms with van der Waals surface area (Å²) < 4.78 is 43.6. The Morgan fingerprint density at radius 2 is 1.81 bits per heavy atom. The van der Waals surface area contributed by atoms with Crippen LogP contribution < -0.4 is 4.74 Å². The molecule has 0 N–H and O–H groups in total. The zero-order valence-corrected chi connectivity index (χ0v) is 18.3. The van der Waals surface area contributed by atoms with Crippen LogP contribution in [-0.2, 0) is 21.3 Å². The van der Waals surface area contributed by atoms with Gasteiger partial charge in [-0.1, -0.05) is 0 Å². The first-order valence-corrected chi connectivity index (χ1v) is 11.7. The van der Waals surface area contributed by atoms with E-state index in [1.807, 2.05) is 12.1 Å². The molecule has 0 saturated carbocycles. The lowest BCUT2D eigenvalue weighted by molar-refractivity contribution is 0.0620. The molecular weight excluding hydrogens is 422 g/mol. The second-order valence-electron chi connectivity index (χ2n) is 7.53. The highest BCUT2D eigenvalue weighted by Crippen LogP contribution is 2.29. The van der Waals surface area contributed by atoms with Gasteiger partial charge in [0.2, 0.25) is 10.0 Å². The normalized spacial score (nSPS) is 18.8. The molecule has 2 saturated heterocycles. The molecule has 0 aliphatic carbocycles. The summed E-state index contributed by atoms with van der Waals surface area (Å²) in [5, 5.41) is 0. The molecule has 2 aromatic rings. The number of piperazine rings is 1. The van der Waals surface area contributed by atoms with Gasteiger partial charge in [-0.3, -0.25) is 9.69 Å². The number of hydrogen-bond acceptors (Lipinski definition) is 7. The van der Waals surface area contributed by atoms with Crippen LogP contribution in [0.3, 0.4) is 0 Å². The summed E-state index contributed by atoms with van der Waals surface area (Å²) in [6.07, 6.45) is 1.65. The van der Waals surface area contributed by atoms with Crippen molar-refractivity contribution in [1.29, 1.82) is 0 Å². The number of nitrogens with zero attached hydrogens (tertiary/aromatic N) is 3. The van der Waals surface area contributed by atoms with Gasteiger partial charge in [-0.2, -0.15) is 4.31 Å². The van der Waals surface area contributed by atoms with Gasteiger partial charge in [0.05, 0.1) is 33.1 Å². The number of methoxy groups -OCH3 is 1. The summed E-state index contributed by atoms with van der Waals surface area (Å²) >= 11 is 0. The van der Waals surface area contributed by atoms with E-state index in [1.165, 1.54) is 17.5 Å². The van der Waals surface area contributed by atoms with E-state index in [9.17, 15) is 13.2 Å². The molecule has 0 spiro atoms. The maximum Gasteiger partial charge on any atom is 0.253 e. The summed E-state index contributed by atoms with van der Waals surface area (Å²) in [7, 11) is -2.37. The van der Waals surface area contributed by atoms with Crippen LogP contribution in [0, 0.1) is 0 Å². The standard InChI is InChI=1S/C21H27N3O6S/c1-28-19-5-4-17(15-20(19)31(26,27)24-10-13-29-14-11-24)21(25)23-8-6-22(7-9-23)16-18-3-2-12-30-18/h2-5,12,15H,6-11,13-14,16H2,1H3. The van der Waals surface area contributed by atoms with Gasteiger partial charge in [0.25, 0.3) is 5.91 Å². The molecule has 1 amide bonds. The van der Waals surface area contributed by atoms with E-state index in [2.05, 4.69) is 4.90 Å². The molecule has 10 heteroatoms. The fraction of sp³-hybridized carbons (Fsp3) is 0.476. The number of sulfonamides is 1. The zero-order valence-electron chi connectivity index (χ0n) is 17.5. The number of carbonyl (C=O) groups excluding carboxylic acids is 1. The molecule has 1 aromatic carbocycles. The minimum absolute atomic E-state index is 0.0132. The smallest absolute Gasteiger partial charge is 0.253 e. The van der Waals surface area contributed by atoms with Crippen LogP contribution in [0.25, 0.3) is 0 Å². The maximum atomic E-state index is 13.2. The molecule has 1 aromatic heterocycles. The number of carbonyl (C=O) groups is 1. The predicted octanol–water partition coefficient (Wildman–Crippen LogP) is 1.27. The second kappa shape index (κ2) is 9.39. The Morgan fingerprint density at radius 3 is 2.45 bits per heavy atom. The van der Waals surface area contributed by atoms with Crippen molar-refractivity contribution >= 4 is 15.9 Å². The highest BCUT2D eigenvalue weighted by Gasteiger charge is 2.31. The molecule has 31 heavy (non-hydrogen) atoms. The Hall–Kier alpha value is -2.40. The average molecular weight is 450 g/mol. The molecule has 2 fully saturated rings. The van der Waals surface area contributed by atoms with E-state index in [0.717, 1.165) is 18.8 Å². The van der Waals surface area contributed by atoms with E-state index < -0.39 is 10.0 Å². The van der Waals surface area contributed by atoms with Crippen LogP contribution >= 0.6 is 0 Å². The topological polar surface area (TPSA) is 92.5 Å². The monoisotopic (exact) mass is 449 g/mol. The minimum Gasteiger partial charge on any atom is -0.495 e. The maximum absolute atomic E-state index is 13.2. The van der Waals surface area contributed by atoms with Gasteiger partial charge >= 0.3 is 0 Å². The number of rotatable bonds is 6.